The van der Waals surface area contributed by atoms with Gasteiger partial charge in [-0.15, -0.1) is 0 Å². The molecule has 0 fully saturated rings. The van der Waals surface area contributed by atoms with Crippen molar-refractivity contribution >= 4 is 15.7 Å². The number of unbranched alkanes of at least 4 members (excludes halogenated alkanes) is 3. The van der Waals surface area contributed by atoms with Crippen LogP contribution in [0.15, 0.2) is 0 Å². The predicted octanol–water partition coefficient (Wildman–Crippen LogP) is 0.238. The molecular formula is C12H30AsN3O3. The molecule has 19 heavy (non-hydrogen) atoms. The molecule has 0 atom stereocenters. The first-order valence-electron chi connectivity index (χ1n) is 7.14. The first kappa shape index (κ1) is 19.3. The van der Waals surface area contributed by atoms with Gasteiger partial charge in [0.1, 0.15) is 0 Å². The molecule has 0 aromatic rings. The van der Waals surface area contributed by atoms with Crippen LogP contribution in [0.2, 0.25) is 0 Å². The molecule has 0 aromatic heterocycles. The molecule has 0 aromatic carbocycles. The molecule has 7 heteroatoms. The second-order valence-corrected chi connectivity index (χ2v) is 6.77. The Morgan fingerprint density at radius 1 is 0.526 bits per heavy atom. The molecular weight excluding hydrogens is 309 g/mol. The minimum absolute atomic E-state index is 0.672. The van der Waals surface area contributed by atoms with Crippen molar-refractivity contribution in [1.82, 2.24) is 0 Å². The Kier molecular flexibility index (Phi) is 16.6. The van der Waals surface area contributed by atoms with Crippen molar-refractivity contribution in [3.8, 4) is 0 Å². The van der Waals surface area contributed by atoms with Crippen LogP contribution in [0.1, 0.15) is 38.5 Å². The summed E-state index contributed by atoms with van der Waals surface area (Å²) in [5.41, 5.74) is 16.3. The third-order valence-corrected chi connectivity index (χ3v) is 4.86. The van der Waals surface area contributed by atoms with E-state index < -0.39 is 15.7 Å². The summed E-state index contributed by atoms with van der Waals surface area (Å²) in [6.45, 7) is 4.11. The summed E-state index contributed by atoms with van der Waals surface area (Å²) in [6.07, 6.45) is 5.80. The molecule has 0 amide bonds. The van der Waals surface area contributed by atoms with Gasteiger partial charge in [-0.1, -0.05) is 0 Å². The first-order valence-corrected chi connectivity index (χ1v) is 9.44. The Morgan fingerprint density at radius 3 is 1.11 bits per heavy atom. The quantitative estimate of drug-likeness (QED) is 0.291. The van der Waals surface area contributed by atoms with E-state index in [0.29, 0.717) is 39.5 Å². The SMILES string of the molecule is NCCCCO[As](OCCCCN)OCCCCN. The third kappa shape index (κ3) is 14.5. The summed E-state index contributed by atoms with van der Waals surface area (Å²) in [5, 5.41) is 0. The van der Waals surface area contributed by atoms with Crippen molar-refractivity contribution in [1.29, 1.82) is 0 Å². The van der Waals surface area contributed by atoms with Crippen LogP contribution in [0.5, 0.6) is 0 Å². The van der Waals surface area contributed by atoms with Crippen molar-refractivity contribution < 1.29 is 11.2 Å². The average molecular weight is 339 g/mol. The molecule has 116 valence electrons. The summed E-state index contributed by atoms with van der Waals surface area (Å²) >= 11 is -2.05. The van der Waals surface area contributed by atoms with Crippen LogP contribution in [0, 0.1) is 0 Å². The molecule has 0 spiro atoms. The van der Waals surface area contributed by atoms with E-state index in [1.54, 1.807) is 0 Å². The maximum absolute atomic E-state index is 5.69. The molecule has 0 bridgehead atoms. The number of hydrogen-bond donors (Lipinski definition) is 3. The zero-order valence-electron chi connectivity index (χ0n) is 11.9. The number of hydrogen-bond acceptors (Lipinski definition) is 6. The zero-order chi connectivity index (χ0) is 14.2. The Balaban J connectivity index is 3.66. The van der Waals surface area contributed by atoms with Gasteiger partial charge in [0, 0.05) is 0 Å². The van der Waals surface area contributed by atoms with Gasteiger partial charge in [-0.25, -0.2) is 0 Å². The summed E-state index contributed by atoms with van der Waals surface area (Å²) in [6, 6.07) is 0. The molecule has 0 saturated heterocycles. The summed E-state index contributed by atoms with van der Waals surface area (Å²) in [7, 11) is 0. The van der Waals surface area contributed by atoms with Gasteiger partial charge < -0.3 is 0 Å². The standard InChI is InChI=1S/C12H30AsN3O3/c14-7-1-4-10-17-13(18-11-5-2-8-15)19-12-6-3-9-16/h1-12,14-16H2. The molecule has 0 aliphatic heterocycles. The second kappa shape index (κ2) is 16.4. The maximum atomic E-state index is 5.69. The van der Waals surface area contributed by atoms with Gasteiger partial charge in [0.25, 0.3) is 0 Å². The monoisotopic (exact) mass is 339 g/mol. The third-order valence-electron chi connectivity index (χ3n) is 2.39. The van der Waals surface area contributed by atoms with Gasteiger partial charge in [-0.05, 0) is 0 Å². The normalized spacial score (nSPS) is 11.4. The Hall–Kier alpha value is 0.318. The Morgan fingerprint density at radius 2 is 0.842 bits per heavy atom. The fourth-order valence-electron chi connectivity index (χ4n) is 1.27. The molecule has 6 nitrogen and oxygen atoms in total. The van der Waals surface area contributed by atoms with E-state index in [0.717, 1.165) is 38.5 Å². The van der Waals surface area contributed by atoms with E-state index in [2.05, 4.69) is 0 Å². The second-order valence-electron chi connectivity index (χ2n) is 4.21. The van der Waals surface area contributed by atoms with Crippen LogP contribution in [-0.4, -0.2) is 55.1 Å². The molecule has 6 N–H and O–H groups in total. The van der Waals surface area contributed by atoms with Crippen molar-refractivity contribution in [2.24, 2.45) is 17.2 Å². The van der Waals surface area contributed by atoms with Crippen LogP contribution in [-0.2, 0) is 11.2 Å². The van der Waals surface area contributed by atoms with Gasteiger partial charge in [-0.3, -0.25) is 0 Å². The topological polar surface area (TPSA) is 106 Å². The Bertz CT molecular complexity index is 150. The van der Waals surface area contributed by atoms with Gasteiger partial charge >= 0.3 is 122 Å². The van der Waals surface area contributed by atoms with Crippen LogP contribution in [0.3, 0.4) is 0 Å². The van der Waals surface area contributed by atoms with Crippen molar-refractivity contribution in [3.05, 3.63) is 0 Å². The average Bonchev–Trinajstić information content (AvgIpc) is 2.43. The first-order chi connectivity index (χ1) is 9.35. The Labute approximate surface area is 122 Å². The molecule has 0 radical (unpaired) electrons. The van der Waals surface area contributed by atoms with Crippen molar-refractivity contribution in [3.63, 3.8) is 0 Å². The summed E-state index contributed by atoms with van der Waals surface area (Å²) in [4.78, 5) is 0. The predicted molar refractivity (Wildman–Crippen MR) is 78.5 cm³/mol. The van der Waals surface area contributed by atoms with Crippen LogP contribution >= 0.6 is 0 Å². The fraction of sp³-hybridized carbons (Fsp3) is 1.00. The van der Waals surface area contributed by atoms with Crippen LogP contribution in [0.4, 0.5) is 0 Å². The van der Waals surface area contributed by atoms with E-state index in [-0.39, 0.29) is 0 Å². The molecule has 0 aliphatic rings. The molecule has 0 heterocycles. The van der Waals surface area contributed by atoms with E-state index in [4.69, 9.17) is 28.4 Å². The van der Waals surface area contributed by atoms with E-state index >= 15 is 0 Å². The fourth-order valence-corrected chi connectivity index (χ4v) is 3.49. The summed E-state index contributed by atoms with van der Waals surface area (Å²) in [5.74, 6) is 0. The van der Waals surface area contributed by atoms with E-state index in [1.807, 2.05) is 0 Å². The van der Waals surface area contributed by atoms with Crippen molar-refractivity contribution in [2.45, 2.75) is 38.5 Å². The number of rotatable bonds is 15. The molecule has 0 saturated carbocycles. The molecule has 0 aliphatic carbocycles. The molecule has 0 rings (SSSR count). The zero-order valence-corrected chi connectivity index (χ0v) is 13.8. The van der Waals surface area contributed by atoms with Crippen LogP contribution < -0.4 is 17.2 Å². The summed E-state index contributed by atoms with van der Waals surface area (Å²) < 4.78 is 17.1. The van der Waals surface area contributed by atoms with E-state index in [9.17, 15) is 0 Å². The minimum atomic E-state index is -2.05. The van der Waals surface area contributed by atoms with E-state index in [1.165, 1.54) is 0 Å². The van der Waals surface area contributed by atoms with Gasteiger partial charge in [0.2, 0.25) is 0 Å². The van der Waals surface area contributed by atoms with Gasteiger partial charge in [0.15, 0.2) is 0 Å². The van der Waals surface area contributed by atoms with Gasteiger partial charge in [0.05, 0.1) is 0 Å². The van der Waals surface area contributed by atoms with Gasteiger partial charge in [-0.2, -0.15) is 0 Å². The number of nitrogens with two attached hydrogens (primary N) is 3. The molecule has 0 unspecified atom stereocenters. The van der Waals surface area contributed by atoms with Crippen molar-refractivity contribution in [2.75, 3.05) is 39.5 Å². The van der Waals surface area contributed by atoms with Crippen LogP contribution in [0.25, 0.3) is 0 Å².